The zero-order chi connectivity index (χ0) is 16.9. The predicted octanol–water partition coefficient (Wildman–Crippen LogP) is 2.74. The van der Waals surface area contributed by atoms with Crippen molar-refractivity contribution < 1.29 is 4.79 Å². The summed E-state index contributed by atoms with van der Waals surface area (Å²) in [5.41, 5.74) is 2.44. The molecule has 132 valence electrons. The molecule has 24 heavy (non-hydrogen) atoms. The van der Waals surface area contributed by atoms with Crippen molar-refractivity contribution in [3.05, 3.63) is 29.8 Å². The number of hydrogen-bond donors (Lipinski definition) is 2. The van der Waals surface area contributed by atoms with E-state index in [1.54, 1.807) is 0 Å². The van der Waals surface area contributed by atoms with Gasteiger partial charge in [-0.05, 0) is 70.4 Å². The molecule has 2 fully saturated rings. The number of hydrogen-bond acceptors (Lipinski definition) is 3. The fourth-order valence-corrected chi connectivity index (χ4v) is 3.63. The monoisotopic (exact) mass is 330 g/mol. The van der Waals surface area contributed by atoms with Crippen LogP contribution in [0.1, 0.15) is 44.2 Å². The molecule has 2 aliphatic heterocycles. The molecule has 2 saturated heterocycles. The van der Waals surface area contributed by atoms with E-state index in [2.05, 4.69) is 58.7 Å². The van der Waals surface area contributed by atoms with Crippen LogP contribution in [-0.4, -0.2) is 50.2 Å². The van der Waals surface area contributed by atoms with Crippen LogP contribution in [-0.2, 0) is 0 Å². The predicted molar refractivity (Wildman–Crippen MR) is 98.5 cm³/mol. The van der Waals surface area contributed by atoms with Gasteiger partial charge < -0.3 is 20.4 Å². The van der Waals surface area contributed by atoms with Crippen LogP contribution in [0.5, 0.6) is 0 Å². The Hall–Kier alpha value is -1.75. The topological polar surface area (TPSA) is 47.6 Å². The Morgan fingerprint density at radius 1 is 1.17 bits per heavy atom. The molecule has 0 bridgehead atoms. The summed E-state index contributed by atoms with van der Waals surface area (Å²) in [6, 6.07) is 8.83. The van der Waals surface area contributed by atoms with Crippen molar-refractivity contribution in [3.8, 4) is 0 Å². The Labute approximate surface area is 145 Å². The number of piperidine rings is 1. The number of likely N-dealkylation sites (tertiary alicyclic amines) is 1. The van der Waals surface area contributed by atoms with Gasteiger partial charge in [-0.1, -0.05) is 12.1 Å². The highest BCUT2D eigenvalue weighted by Gasteiger charge is 2.20. The molecule has 2 aliphatic rings. The Bertz CT molecular complexity index is 548. The second kappa shape index (κ2) is 7.88. The van der Waals surface area contributed by atoms with Crippen LogP contribution in [0.15, 0.2) is 24.3 Å². The average Bonchev–Trinajstić information content (AvgIpc) is 3.11. The molecule has 1 aromatic rings. The van der Waals surface area contributed by atoms with Gasteiger partial charge in [0.2, 0.25) is 0 Å². The minimum absolute atomic E-state index is 0.0128. The SMILES string of the molecule is CC(NC(=O)NC1CCN(C)CC1)c1cccc(N2CCCC2)c1. The van der Waals surface area contributed by atoms with Gasteiger partial charge in [-0.3, -0.25) is 0 Å². The minimum Gasteiger partial charge on any atom is -0.372 e. The largest absolute Gasteiger partial charge is 0.372 e. The zero-order valence-corrected chi connectivity index (χ0v) is 14.9. The molecular formula is C19H30N4O. The van der Waals surface area contributed by atoms with E-state index >= 15 is 0 Å². The molecule has 0 saturated carbocycles. The van der Waals surface area contributed by atoms with Crippen LogP contribution in [0.3, 0.4) is 0 Å². The maximum atomic E-state index is 12.3. The van der Waals surface area contributed by atoms with Crippen LogP contribution < -0.4 is 15.5 Å². The van der Waals surface area contributed by atoms with E-state index in [1.807, 2.05) is 0 Å². The number of carbonyl (C=O) groups excluding carboxylic acids is 1. The maximum absolute atomic E-state index is 12.3. The highest BCUT2D eigenvalue weighted by molar-refractivity contribution is 5.74. The molecule has 1 unspecified atom stereocenters. The molecular weight excluding hydrogens is 300 g/mol. The first-order chi connectivity index (χ1) is 11.6. The quantitative estimate of drug-likeness (QED) is 0.892. The van der Waals surface area contributed by atoms with Crippen LogP contribution in [0.4, 0.5) is 10.5 Å². The van der Waals surface area contributed by atoms with Crippen molar-refractivity contribution in [2.75, 3.05) is 38.1 Å². The van der Waals surface area contributed by atoms with Gasteiger partial charge >= 0.3 is 6.03 Å². The summed E-state index contributed by atoms with van der Waals surface area (Å²) in [5, 5.41) is 6.21. The van der Waals surface area contributed by atoms with E-state index < -0.39 is 0 Å². The standard InChI is InChI=1S/C19H30N4O/c1-15(20-19(24)21-17-8-12-22(2)13-9-17)16-6-5-7-18(14-16)23-10-3-4-11-23/h5-7,14-15,17H,3-4,8-13H2,1-2H3,(H2,20,21,24). The lowest BCUT2D eigenvalue weighted by Gasteiger charge is -2.30. The number of anilines is 1. The van der Waals surface area contributed by atoms with Crippen LogP contribution >= 0.6 is 0 Å². The molecule has 5 nitrogen and oxygen atoms in total. The number of amides is 2. The number of benzene rings is 1. The van der Waals surface area contributed by atoms with Gasteiger partial charge in [0.15, 0.2) is 0 Å². The number of nitrogens with one attached hydrogen (secondary N) is 2. The average molecular weight is 330 g/mol. The molecule has 1 aromatic carbocycles. The lowest BCUT2D eigenvalue weighted by molar-refractivity contribution is 0.212. The molecule has 0 aromatic heterocycles. The van der Waals surface area contributed by atoms with Crippen molar-refractivity contribution in [1.29, 1.82) is 0 Å². The van der Waals surface area contributed by atoms with Crippen LogP contribution in [0.25, 0.3) is 0 Å². The molecule has 0 radical (unpaired) electrons. The van der Waals surface area contributed by atoms with Gasteiger partial charge in [0.1, 0.15) is 0 Å². The highest BCUT2D eigenvalue weighted by Crippen LogP contribution is 2.24. The minimum atomic E-state index is -0.0522. The summed E-state index contributed by atoms with van der Waals surface area (Å²) in [4.78, 5) is 17.0. The molecule has 2 N–H and O–H groups in total. The van der Waals surface area contributed by atoms with Crippen LogP contribution in [0, 0.1) is 0 Å². The first kappa shape index (κ1) is 17.1. The smallest absolute Gasteiger partial charge is 0.315 e. The van der Waals surface area contributed by atoms with Crippen LogP contribution in [0.2, 0.25) is 0 Å². The summed E-state index contributed by atoms with van der Waals surface area (Å²) in [6.07, 6.45) is 4.61. The molecule has 0 aliphatic carbocycles. The third kappa shape index (κ3) is 4.41. The van der Waals surface area contributed by atoms with E-state index in [-0.39, 0.29) is 12.1 Å². The first-order valence-corrected chi connectivity index (χ1v) is 9.22. The van der Waals surface area contributed by atoms with Gasteiger partial charge in [0.05, 0.1) is 6.04 Å². The number of urea groups is 1. The van der Waals surface area contributed by atoms with E-state index in [1.165, 1.54) is 18.5 Å². The number of rotatable bonds is 4. The van der Waals surface area contributed by atoms with Crippen molar-refractivity contribution >= 4 is 11.7 Å². The molecule has 2 amide bonds. The normalized spacial score (nSPS) is 20.8. The van der Waals surface area contributed by atoms with E-state index in [0.29, 0.717) is 6.04 Å². The van der Waals surface area contributed by atoms with Gasteiger partial charge in [-0.15, -0.1) is 0 Å². The molecule has 5 heteroatoms. The summed E-state index contributed by atoms with van der Waals surface area (Å²) in [5.74, 6) is 0. The second-order valence-electron chi connectivity index (χ2n) is 7.21. The van der Waals surface area contributed by atoms with E-state index in [4.69, 9.17) is 0 Å². The highest BCUT2D eigenvalue weighted by atomic mass is 16.2. The molecule has 0 spiro atoms. The van der Waals surface area contributed by atoms with Gasteiger partial charge in [0.25, 0.3) is 0 Å². The Kier molecular flexibility index (Phi) is 5.61. The van der Waals surface area contributed by atoms with Crippen molar-refractivity contribution in [2.24, 2.45) is 0 Å². The molecule has 2 heterocycles. The summed E-state index contributed by atoms with van der Waals surface area (Å²) in [6.45, 7) is 6.44. The van der Waals surface area contributed by atoms with E-state index in [9.17, 15) is 4.79 Å². The van der Waals surface area contributed by atoms with Gasteiger partial charge in [-0.2, -0.15) is 0 Å². The van der Waals surface area contributed by atoms with E-state index in [0.717, 1.165) is 44.6 Å². The maximum Gasteiger partial charge on any atom is 0.315 e. The second-order valence-corrected chi connectivity index (χ2v) is 7.21. The Balaban J connectivity index is 1.53. The number of carbonyl (C=O) groups is 1. The summed E-state index contributed by atoms with van der Waals surface area (Å²) in [7, 11) is 2.13. The summed E-state index contributed by atoms with van der Waals surface area (Å²) < 4.78 is 0. The first-order valence-electron chi connectivity index (χ1n) is 9.22. The molecule has 1 atom stereocenters. The number of nitrogens with zero attached hydrogens (tertiary/aromatic N) is 2. The fourth-order valence-electron chi connectivity index (χ4n) is 3.63. The third-order valence-electron chi connectivity index (χ3n) is 5.24. The Morgan fingerprint density at radius 2 is 1.88 bits per heavy atom. The third-order valence-corrected chi connectivity index (χ3v) is 5.24. The zero-order valence-electron chi connectivity index (χ0n) is 14.9. The fraction of sp³-hybridized carbons (Fsp3) is 0.632. The van der Waals surface area contributed by atoms with Gasteiger partial charge in [-0.25, -0.2) is 4.79 Å². The lowest BCUT2D eigenvalue weighted by atomic mass is 10.1. The van der Waals surface area contributed by atoms with Gasteiger partial charge in [0, 0.05) is 24.8 Å². The van der Waals surface area contributed by atoms with Crippen molar-refractivity contribution in [3.63, 3.8) is 0 Å². The van der Waals surface area contributed by atoms with Crippen molar-refractivity contribution in [2.45, 2.75) is 44.7 Å². The molecule has 3 rings (SSSR count). The lowest BCUT2D eigenvalue weighted by Crippen LogP contribution is -2.47. The summed E-state index contributed by atoms with van der Waals surface area (Å²) >= 11 is 0. The van der Waals surface area contributed by atoms with Crippen molar-refractivity contribution in [1.82, 2.24) is 15.5 Å². The Morgan fingerprint density at radius 3 is 2.58 bits per heavy atom.